The van der Waals surface area contributed by atoms with Crippen LogP contribution in [-0.4, -0.2) is 66.0 Å². The number of anilines is 1. The van der Waals surface area contributed by atoms with Gasteiger partial charge in [0, 0.05) is 45.0 Å². The quantitative estimate of drug-likeness (QED) is 0.809. The van der Waals surface area contributed by atoms with Gasteiger partial charge in [-0.05, 0) is 50.8 Å². The molecule has 0 spiro atoms. The molecular formula is C19H29ClN4O. The Morgan fingerprint density at radius 1 is 0.960 bits per heavy atom. The Hall–Kier alpha value is -1.33. The highest BCUT2D eigenvalue weighted by Crippen LogP contribution is 2.24. The molecule has 1 unspecified atom stereocenters. The Bertz CT molecular complexity index is 573. The molecule has 1 amide bonds. The molecule has 0 aliphatic carbocycles. The third-order valence-electron chi connectivity index (χ3n) is 5.80. The second-order valence-corrected chi connectivity index (χ2v) is 7.39. The largest absolute Gasteiger partial charge is 0.354 e. The molecule has 1 aromatic heterocycles. The zero-order chi connectivity index (χ0) is 16.4. The van der Waals surface area contributed by atoms with Gasteiger partial charge < -0.3 is 9.80 Å². The molecular weight excluding hydrogens is 336 g/mol. The van der Waals surface area contributed by atoms with Crippen LogP contribution in [0.4, 0.5) is 5.82 Å². The van der Waals surface area contributed by atoms with Crippen LogP contribution in [0.25, 0.3) is 0 Å². The summed E-state index contributed by atoms with van der Waals surface area (Å²) < 4.78 is 0. The van der Waals surface area contributed by atoms with E-state index >= 15 is 0 Å². The van der Waals surface area contributed by atoms with Gasteiger partial charge in [0.2, 0.25) is 0 Å². The number of amides is 1. The molecule has 1 atom stereocenters. The van der Waals surface area contributed by atoms with E-state index in [0.29, 0.717) is 6.04 Å². The number of aromatic nitrogens is 1. The number of nitrogens with zero attached hydrogens (tertiary/aromatic N) is 4. The Balaban J connectivity index is 0.00000182. The molecule has 5 nitrogen and oxygen atoms in total. The lowest BCUT2D eigenvalue weighted by molar-refractivity contribution is 0.0724. The number of piperidine rings is 2. The summed E-state index contributed by atoms with van der Waals surface area (Å²) in [6, 6.07) is 4.69. The summed E-state index contributed by atoms with van der Waals surface area (Å²) in [4.78, 5) is 24.2. The van der Waals surface area contributed by atoms with Crippen LogP contribution in [0.2, 0.25) is 0 Å². The van der Waals surface area contributed by atoms with E-state index in [1.807, 2.05) is 17.0 Å². The van der Waals surface area contributed by atoms with Gasteiger partial charge in [-0.2, -0.15) is 0 Å². The van der Waals surface area contributed by atoms with Crippen molar-refractivity contribution < 1.29 is 4.79 Å². The molecule has 0 radical (unpaired) electrons. The van der Waals surface area contributed by atoms with Crippen LogP contribution in [0.3, 0.4) is 0 Å². The van der Waals surface area contributed by atoms with E-state index in [1.165, 1.54) is 32.2 Å². The molecule has 0 aromatic carbocycles. The number of halogens is 1. The van der Waals surface area contributed by atoms with Crippen LogP contribution in [-0.2, 0) is 0 Å². The fourth-order valence-corrected chi connectivity index (χ4v) is 4.34. The highest BCUT2D eigenvalue weighted by molar-refractivity contribution is 5.94. The molecule has 138 valence electrons. The van der Waals surface area contributed by atoms with Crippen molar-refractivity contribution in [3.63, 3.8) is 0 Å². The lowest BCUT2D eigenvalue weighted by Gasteiger charge is -2.44. The van der Waals surface area contributed by atoms with Gasteiger partial charge >= 0.3 is 0 Å². The first kappa shape index (κ1) is 18.5. The molecule has 3 saturated heterocycles. The standard InChI is InChI=1S/C19H28N4O.ClH/c24-19(22-10-3-1-4-11-22)16-7-8-18(20-14-16)23-13-12-21-9-5-2-6-17(21)15-23;/h7-8,14,17H,1-6,9-13,15H2;1H. The molecule has 0 bridgehead atoms. The van der Waals surface area contributed by atoms with Crippen molar-refractivity contribution in [2.75, 3.05) is 44.2 Å². The molecule has 4 rings (SSSR count). The van der Waals surface area contributed by atoms with E-state index in [9.17, 15) is 4.79 Å². The molecule has 6 heteroatoms. The first-order chi connectivity index (χ1) is 11.8. The summed E-state index contributed by atoms with van der Waals surface area (Å²) in [5, 5.41) is 0. The number of carbonyl (C=O) groups excluding carboxylic acids is 1. The Morgan fingerprint density at radius 2 is 1.76 bits per heavy atom. The molecule has 3 fully saturated rings. The summed E-state index contributed by atoms with van der Waals surface area (Å²) >= 11 is 0. The maximum Gasteiger partial charge on any atom is 0.255 e. The van der Waals surface area contributed by atoms with E-state index in [1.54, 1.807) is 6.20 Å². The average molecular weight is 365 g/mol. The number of carbonyl (C=O) groups is 1. The average Bonchev–Trinajstić information content (AvgIpc) is 2.68. The highest BCUT2D eigenvalue weighted by atomic mass is 35.5. The van der Waals surface area contributed by atoms with Crippen LogP contribution >= 0.6 is 12.4 Å². The zero-order valence-electron chi connectivity index (χ0n) is 14.9. The summed E-state index contributed by atoms with van der Waals surface area (Å²) in [6.45, 7) is 6.31. The summed E-state index contributed by atoms with van der Waals surface area (Å²) in [6.07, 6.45) is 9.29. The van der Waals surface area contributed by atoms with Crippen LogP contribution < -0.4 is 4.90 Å². The fraction of sp³-hybridized carbons (Fsp3) is 0.684. The lowest BCUT2D eigenvalue weighted by Crippen LogP contribution is -2.55. The zero-order valence-corrected chi connectivity index (χ0v) is 15.7. The normalized spacial score (nSPS) is 24.4. The molecule has 25 heavy (non-hydrogen) atoms. The van der Waals surface area contributed by atoms with Crippen molar-refractivity contribution in [2.24, 2.45) is 0 Å². The minimum Gasteiger partial charge on any atom is -0.354 e. The minimum atomic E-state index is 0. The summed E-state index contributed by atoms with van der Waals surface area (Å²) in [5.74, 6) is 1.17. The number of piperazine rings is 1. The number of hydrogen-bond acceptors (Lipinski definition) is 4. The van der Waals surface area contributed by atoms with Crippen molar-refractivity contribution in [1.29, 1.82) is 0 Å². The van der Waals surface area contributed by atoms with E-state index in [4.69, 9.17) is 0 Å². The van der Waals surface area contributed by atoms with Crippen LogP contribution in [0, 0.1) is 0 Å². The number of fused-ring (bicyclic) bond motifs is 1. The third-order valence-corrected chi connectivity index (χ3v) is 5.80. The van der Waals surface area contributed by atoms with Crippen molar-refractivity contribution in [3.05, 3.63) is 23.9 Å². The van der Waals surface area contributed by atoms with Crippen LogP contribution in [0.5, 0.6) is 0 Å². The maximum atomic E-state index is 12.5. The van der Waals surface area contributed by atoms with E-state index < -0.39 is 0 Å². The van der Waals surface area contributed by atoms with Crippen molar-refractivity contribution in [1.82, 2.24) is 14.8 Å². The van der Waals surface area contributed by atoms with Crippen LogP contribution in [0.1, 0.15) is 48.9 Å². The molecule has 3 aliphatic rings. The SMILES string of the molecule is Cl.O=C(c1ccc(N2CCN3CCCCC3C2)nc1)N1CCCCC1. The summed E-state index contributed by atoms with van der Waals surface area (Å²) in [7, 11) is 0. The molecule has 3 aliphatic heterocycles. The number of pyridine rings is 1. The van der Waals surface area contributed by atoms with Crippen molar-refractivity contribution in [3.8, 4) is 0 Å². The van der Waals surface area contributed by atoms with Gasteiger partial charge in [0.15, 0.2) is 0 Å². The predicted octanol–water partition coefficient (Wildman–Crippen LogP) is 2.80. The monoisotopic (exact) mass is 364 g/mol. The third kappa shape index (κ3) is 4.09. The van der Waals surface area contributed by atoms with Crippen molar-refractivity contribution in [2.45, 2.75) is 44.6 Å². The predicted molar refractivity (Wildman–Crippen MR) is 103 cm³/mol. The first-order valence-corrected chi connectivity index (χ1v) is 9.55. The van der Waals surface area contributed by atoms with E-state index in [2.05, 4.69) is 14.8 Å². The number of hydrogen-bond donors (Lipinski definition) is 0. The van der Waals surface area contributed by atoms with Gasteiger partial charge in [0.1, 0.15) is 5.82 Å². The Kier molecular flexibility index (Phi) is 6.18. The second kappa shape index (κ2) is 8.37. The van der Waals surface area contributed by atoms with Gasteiger partial charge in [-0.1, -0.05) is 6.42 Å². The van der Waals surface area contributed by atoms with Gasteiger partial charge in [-0.3, -0.25) is 9.69 Å². The van der Waals surface area contributed by atoms with Crippen molar-refractivity contribution >= 4 is 24.1 Å². The Labute approximate surface area is 156 Å². The first-order valence-electron chi connectivity index (χ1n) is 9.55. The second-order valence-electron chi connectivity index (χ2n) is 7.39. The summed E-state index contributed by atoms with van der Waals surface area (Å²) in [5.41, 5.74) is 0.733. The Morgan fingerprint density at radius 3 is 2.52 bits per heavy atom. The number of rotatable bonds is 2. The van der Waals surface area contributed by atoms with Crippen LogP contribution in [0.15, 0.2) is 18.3 Å². The molecule has 4 heterocycles. The van der Waals surface area contributed by atoms with E-state index in [0.717, 1.165) is 56.9 Å². The maximum absolute atomic E-state index is 12.5. The number of likely N-dealkylation sites (tertiary alicyclic amines) is 1. The minimum absolute atomic E-state index is 0. The van der Waals surface area contributed by atoms with Gasteiger partial charge in [-0.25, -0.2) is 4.98 Å². The van der Waals surface area contributed by atoms with Gasteiger partial charge in [0.05, 0.1) is 5.56 Å². The lowest BCUT2D eigenvalue weighted by atomic mass is 9.99. The topological polar surface area (TPSA) is 39.7 Å². The fourth-order valence-electron chi connectivity index (χ4n) is 4.34. The van der Waals surface area contributed by atoms with Gasteiger partial charge in [-0.15, -0.1) is 12.4 Å². The molecule has 1 aromatic rings. The molecule has 0 saturated carbocycles. The highest BCUT2D eigenvalue weighted by Gasteiger charge is 2.29. The van der Waals surface area contributed by atoms with Gasteiger partial charge in [0.25, 0.3) is 5.91 Å². The smallest absolute Gasteiger partial charge is 0.255 e. The van der Waals surface area contributed by atoms with E-state index in [-0.39, 0.29) is 18.3 Å². The molecule has 0 N–H and O–H groups in total.